The number of benzene rings is 4. The summed E-state index contributed by atoms with van der Waals surface area (Å²) in [4.78, 5) is 30.1. The minimum Gasteiger partial charge on any atom is -0.308 e. The van der Waals surface area contributed by atoms with Crippen molar-refractivity contribution in [1.82, 2.24) is 0 Å². The van der Waals surface area contributed by atoms with Gasteiger partial charge in [-0.2, -0.15) is 0 Å². The first-order valence-electron chi connectivity index (χ1n) is 11.4. The van der Waals surface area contributed by atoms with Crippen molar-refractivity contribution in [2.24, 2.45) is 0 Å². The average molecular weight is 480 g/mol. The first kappa shape index (κ1) is 22.7. The number of hydrogen-bond donors (Lipinski definition) is 2. The van der Waals surface area contributed by atoms with Gasteiger partial charge in [0.1, 0.15) is 0 Å². The van der Waals surface area contributed by atoms with Crippen LogP contribution in [0, 0.1) is 13.8 Å². The lowest BCUT2D eigenvalue weighted by Crippen LogP contribution is -2.30. The summed E-state index contributed by atoms with van der Waals surface area (Å²) in [6.07, 6.45) is 0. The van der Waals surface area contributed by atoms with E-state index in [1.807, 2.05) is 98.8 Å². The predicted octanol–water partition coefficient (Wildman–Crippen LogP) is 7.26. The highest BCUT2D eigenvalue weighted by atomic mass is 32.2. The van der Waals surface area contributed by atoms with Crippen LogP contribution in [0.3, 0.4) is 0 Å². The lowest BCUT2D eigenvalue weighted by molar-refractivity contribution is 0.0982. The number of hydrogen-bond acceptors (Lipinski definition) is 3. The van der Waals surface area contributed by atoms with Crippen molar-refractivity contribution in [2.45, 2.75) is 30.2 Å². The molecule has 0 atom stereocenters. The molecule has 5 nitrogen and oxygen atoms in total. The van der Waals surface area contributed by atoms with Crippen molar-refractivity contribution < 1.29 is 9.59 Å². The number of carbonyl (C=O) groups is 2. The Morgan fingerprint density at radius 3 is 2.23 bits per heavy atom. The van der Waals surface area contributed by atoms with Crippen LogP contribution in [0.2, 0.25) is 0 Å². The van der Waals surface area contributed by atoms with E-state index in [1.54, 1.807) is 16.7 Å². The highest BCUT2D eigenvalue weighted by Gasteiger charge is 2.27. The van der Waals surface area contributed by atoms with E-state index in [9.17, 15) is 9.59 Å². The van der Waals surface area contributed by atoms with E-state index in [-0.39, 0.29) is 11.9 Å². The van der Waals surface area contributed by atoms with E-state index in [4.69, 9.17) is 0 Å². The van der Waals surface area contributed by atoms with Crippen LogP contribution < -0.4 is 15.5 Å². The summed E-state index contributed by atoms with van der Waals surface area (Å²) in [5.41, 5.74) is 5.98. The van der Waals surface area contributed by atoms with Crippen molar-refractivity contribution >= 4 is 40.8 Å². The largest absolute Gasteiger partial charge is 0.323 e. The Morgan fingerprint density at radius 2 is 1.46 bits per heavy atom. The Morgan fingerprint density at radius 1 is 0.771 bits per heavy atom. The molecule has 1 heterocycles. The van der Waals surface area contributed by atoms with Crippen LogP contribution in [0.25, 0.3) is 0 Å². The summed E-state index contributed by atoms with van der Waals surface area (Å²) in [5, 5.41) is 5.83. The summed E-state index contributed by atoms with van der Waals surface area (Å²) in [5.74, 6) is -0.0625. The third-order valence-electron chi connectivity index (χ3n) is 5.75. The maximum Gasteiger partial charge on any atom is 0.323 e. The van der Waals surface area contributed by atoms with Gasteiger partial charge in [0.15, 0.2) is 0 Å². The average Bonchev–Trinajstić information content (AvgIpc) is 2.94. The predicted molar refractivity (Wildman–Crippen MR) is 143 cm³/mol. The summed E-state index contributed by atoms with van der Waals surface area (Å²) < 4.78 is 0. The molecule has 1 aliphatic heterocycles. The van der Waals surface area contributed by atoms with E-state index < -0.39 is 0 Å². The van der Waals surface area contributed by atoms with Gasteiger partial charge < -0.3 is 15.5 Å². The van der Waals surface area contributed by atoms with Crippen molar-refractivity contribution in [3.8, 4) is 0 Å². The molecule has 0 saturated carbocycles. The number of rotatable bonds is 4. The zero-order chi connectivity index (χ0) is 24.4. The molecule has 6 heteroatoms. The van der Waals surface area contributed by atoms with Crippen molar-refractivity contribution in [1.29, 1.82) is 0 Å². The SMILES string of the molecule is Cc1cc(C)cc(NC(=O)Nc2ccc3c(c2)N(Cc2ccccc2)C(=O)c2ccccc2S3)c1. The smallest absolute Gasteiger partial charge is 0.308 e. The van der Waals surface area contributed by atoms with Crippen molar-refractivity contribution in [2.75, 3.05) is 15.5 Å². The first-order chi connectivity index (χ1) is 17.0. The maximum atomic E-state index is 13.7. The molecule has 1 aliphatic rings. The van der Waals surface area contributed by atoms with Gasteiger partial charge in [0.25, 0.3) is 5.91 Å². The molecule has 0 saturated heterocycles. The molecule has 0 aromatic heterocycles. The molecular weight excluding hydrogens is 454 g/mol. The van der Waals surface area contributed by atoms with E-state index in [0.29, 0.717) is 17.8 Å². The number of anilines is 3. The summed E-state index contributed by atoms with van der Waals surface area (Å²) in [6.45, 7) is 4.42. The number of fused-ring (bicyclic) bond motifs is 2. The quantitative estimate of drug-likeness (QED) is 0.324. The van der Waals surface area contributed by atoms with Gasteiger partial charge >= 0.3 is 6.03 Å². The highest BCUT2D eigenvalue weighted by molar-refractivity contribution is 7.99. The lowest BCUT2D eigenvalue weighted by atomic mass is 10.1. The summed E-state index contributed by atoms with van der Waals surface area (Å²) in [6, 6.07) is 28.9. The molecule has 4 aromatic rings. The first-order valence-corrected chi connectivity index (χ1v) is 12.2. The Bertz CT molecular complexity index is 1400. The van der Waals surface area contributed by atoms with E-state index >= 15 is 0 Å². The molecule has 2 N–H and O–H groups in total. The Balaban J connectivity index is 1.47. The third-order valence-corrected chi connectivity index (χ3v) is 6.89. The monoisotopic (exact) mass is 479 g/mol. The number of amides is 3. The van der Waals surface area contributed by atoms with Gasteiger partial charge in [0, 0.05) is 21.2 Å². The van der Waals surface area contributed by atoms with Gasteiger partial charge in [-0.25, -0.2) is 4.79 Å². The molecule has 0 radical (unpaired) electrons. The maximum absolute atomic E-state index is 13.7. The summed E-state index contributed by atoms with van der Waals surface area (Å²) >= 11 is 1.56. The van der Waals surface area contributed by atoms with Crippen LogP contribution in [0.15, 0.2) is 101 Å². The zero-order valence-electron chi connectivity index (χ0n) is 19.5. The van der Waals surface area contributed by atoms with Gasteiger partial charge in [-0.15, -0.1) is 0 Å². The second kappa shape index (κ2) is 9.68. The molecule has 0 fully saturated rings. The van der Waals surface area contributed by atoms with Gasteiger partial charge in [0.2, 0.25) is 0 Å². The van der Waals surface area contributed by atoms with E-state index in [2.05, 4.69) is 16.7 Å². The fourth-order valence-corrected chi connectivity index (χ4v) is 5.32. The van der Waals surface area contributed by atoms with Crippen LogP contribution in [0.4, 0.5) is 21.9 Å². The molecule has 174 valence electrons. The Labute approximate surface area is 209 Å². The van der Waals surface area contributed by atoms with E-state index in [0.717, 1.165) is 37.9 Å². The summed E-state index contributed by atoms with van der Waals surface area (Å²) in [7, 11) is 0. The van der Waals surface area contributed by atoms with Crippen molar-refractivity contribution in [3.63, 3.8) is 0 Å². The standard InChI is InChI=1S/C29H25N3O2S/c1-19-14-20(2)16-23(15-19)31-29(34)30-22-12-13-27-25(17-22)32(18-21-8-4-3-5-9-21)28(33)24-10-6-7-11-26(24)35-27/h3-17H,18H2,1-2H3,(H2,30,31,34). The van der Waals surface area contributed by atoms with Crippen LogP contribution in [0.1, 0.15) is 27.0 Å². The van der Waals surface area contributed by atoms with Crippen LogP contribution in [-0.4, -0.2) is 11.9 Å². The second-order valence-corrected chi connectivity index (χ2v) is 9.70. The van der Waals surface area contributed by atoms with Gasteiger partial charge in [-0.1, -0.05) is 60.3 Å². The topological polar surface area (TPSA) is 61.4 Å². The van der Waals surface area contributed by atoms with Gasteiger partial charge in [-0.3, -0.25) is 4.79 Å². The fraction of sp³-hybridized carbons (Fsp3) is 0.103. The molecule has 4 aromatic carbocycles. The minimum atomic E-state index is -0.333. The third kappa shape index (κ3) is 5.08. The number of nitrogens with one attached hydrogen (secondary N) is 2. The highest BCUT2D eigenvalue weighted by Crippen LogP contribution is 2.43. The number of nitrogens with zero attached hydrogens (tertiary/aromatic N) is 1. The normalized spacial score (nSPS) is 12.4. The molecule has 0 unspecified atom stereocenters. The fourth-order valence-electron chi connectivity index (χ4n) is 4.26. The molecule has 0 bridgehead atoms. The number of aryl methyl sites for hydroxylation is 2. The number of urea groups is 1. The number of carbonyl (C=O) groups excluding carboxylic acids is 2. The molecule has 5 rings (SSSR count). The second-order valence-electron chi connectivity index (χ2n) is 8.61. The van der Waals surface area contributed by atoms with Crippen LogP contribution in [-0.2, 0) is 6.54 Å². The van der Waals surface area contributed by atoms with Crippen molar-refractivity contribution in [3.05, 3.63) is 113 Å². The molecular formula is C29H25N3O2S. The Kier molecular flexibility index (Phi) is 6.29. The minimum absolute atomic E-state index is 0.0625. The van der Waals surface area contributed by atoms with E-state index in [1.165, 1.54) is 0 Å². The van der Waals surface area contributed by atoms with Gasteiger partial charge in [-0.05, 0) is 73.0 Å². The van der Waals surface area contributed by atoms with Crippen LogP contribution >= 0.6 is 11.8 Å². The zero-order valence-corrected chi connectivity index (χ0v) is 20.4. The molecule has 3 amide bonds. The molecule has 0 spiro atoms. The molecule has 0 aliphatic carbocycles. The Hall–Kier alpha value is -4.03. The lowest BCUT2D eigenvalue weighted by Gasteiger charge is -2.24. The van der Waals surface area contributed by atoms with Crippen LogP contribution in [0.5, 0.6) is 0 Å². The molecule has 35 heavy (non-hydrogen) atoms. The van der Waals surface area contributed by atoms with Gasteiger partial charge in [0.05, 0.1) is 17.8 Å².